The van der Waals surface area contributed by atoms with Crippen LogP contribution in [0.2, 0.25) is 18.1 Å². The molecule has 1 aromatic carbocycles. The van der Waals surface area contributed by atoms with E-state index in [-0.39, 0.29) is 11.6 Å². The first-order valence-electron chi connectivity index (χ1n) is 8.88. The maximum Gasteiger partial charge on any atom is 0.303 e. The standard InChI is InChI=1S/C19H30O5SSi/c1-13(20)23-17-16(21)15(24-26(5,6)19(2,3)4)12-22-18(17)25-14-10-8-7-9-11-14/h7-11,15-18,21H,12H2,1-6H3/t15-,16-,17+,18+/m0/s1. The van der Waals surface area contributed by atoms with Crippen molar-refractivity contribution in [1.82, 2.24) is 0 Å². The minimum atomic E-state index is -2.09. The highest BCUT2D eigenvalue weighted by Gasteiger charge is 2.47. The van der Waals surface area contributed by atoms with Crippen LogP contribution in [-0.2, 0) is 18.7 Å². The van der Waals surface area contributed by atoms with Crippen LogP contribution in [-0.4, -0.2) is 49.7 Å². The number of thioether (sulfide) groups is 1. The number of benzene rings is 1. The fourth-order valence-corrected chi connectivity index (χ4v) is 4.86. The summed E-state index contributed by atoms with van der Waals surface area (Å²) in [5.41, 5.74) is -0.476. The molecule has 5 nitrogen and oxygen atoms in total. The molecule has 0 bridgehead atoms. The summed E-state index contributed by atoms with van der Waals surface area (Å²) in [6.07, 6.45) is -2.21. The fourth-order valence-electron chi connectivity index (χ4n) is 2.47. The Kier molecular flexibility index (Phi) is 6.96. The zero-order valence-electron chi connectivity index (χ0n) is 16.4. The zero-order valence-corrected chi connectivity index (χ0v) is 18.2. The van der Waals surface area contributed by atoms with Crippen LogP contribution in [0.5, 0.6) is 0 Å². The van der Waals surface area contributed by atoms with Gasteiger partial charge in [0, 0.05) is 11.8 Å². The molecule has 26 heavy (non-hydrogen) atoms. The van der Waals surface area contributed by atoms with Crippen molar-refractivity contribution in [2.75, 3.05) is 6.61 Å². The second-order valence-electron chi connectivity index (χ2n) is 8.11. The third-order valence-corrected chi connectivity index (χ3v) is 10.6. The highest BCUT2D eigenvalue weighted by atomic mass is 32.2. The van der Waals surface area contributed by atoms with Gasteiger partial charge in [0.1, 0.15) is 11.5 Å². The highest BCUT2D eigenvalue weighted by molar-refractivity contribution is 7.99. The summed E-state index contributed by atoms with van der Waals surface area (Å²) in [6.45, 7) is 12.3. The molecule has 1 aromatic rings. The third kappa shape index (κ3) is 5.33. The second kappa shape index (κ2) is 8.44. The van der Waals surface area contributed by atoms with Gasteiger partial charge in [0.2, 0.25) is 0 Å². The van der Waals surface area contributed by atoms with Crippen LogP contribution in [0, 0.1) is 0 Å². The normalized spacial score (nSPS) is 27.2. The van der Waals surface area contributed by atoms with Crippen molar-refractivity contribution in [3.8, 4) is 0 Å². The Morgan fingerprint density at radius 2 is 1.88 bits per heavy atom. The van der Waals surface area contributed by atoms with Crippen LogP contribution in [0.1, 0.15) is 27.7 Å². The van der Waals surface area contributed by atoms with E-state index in [4.69, 9.17) is 13.9 Å². The predicted octanol–water partition coefficient (Wildman–Crippen LogP) is 3.82. The van der Waals surface area contributed by atoms with Crippen molar-refractivity contribution in [3.63, 3.8) is 0 Å². The summed E-state index contributed by atoms with van der Waals surface area (Å²) in [7, 11) is -2.09. The minimum absolute atomic E-state index is 0.0132. The molecule has 1 saturated heterocycles. The van der Waals surface area contributed by atoms with Gasteiger partial charge in [-0.05, 0) is 30.3 Å². The summed E-state index contributed by atoms with van der Waals surface area (Å²) >= 11 is 1.44. The Morgan fingerprint density at radius 3 is 2.42 bits per heavy atom. The second-order valence-corrected chi connectivity index (χ2v) is 14.0. The molecule has 0 radical (unpaired) electrons. The lowest BCUT2D eigenvalue weighted by Crippen LogP contribution is -2.58. The molecule has 1 aliphatic rings. The molecule has 0 aromatic heterocycles. The first-order chi connectivity index (χ1) is 12.0. The molecule has 1 aliphatic heterocycles. The molecule has 0 saturated carbocycles. The molecule has 1 heterocycles. The first-order valence-corrected chi connectivity index (χ1v) is 12.7. The number of carbonyl (C=O) groups is 1. The molecule has 0 spiro atoms. The lowest BCUT2D eigenvalue weighted by atomic mass is 10.1. The van der Waals surface area contributed by atoms with Crippen molar-refractivity contribution >= 4 is 26.0 Å². The average Bonchev–Trinajstić information content (AvgIpc) is 2.53. The topological polar surface area (TPSA) is 65.0 Å². The van der Waals surface area contributed by atoms with Crippen molar-refractivity contribution in [2.45, 2.75) is 74.5 Å². The number of ether oxygens (including phenoxy) is 2. The Bertz CT molecular complexity index is 602. The SMILES string of the molecule is CC(=O)O[C@@H]1[C@@H](O)[C@@H](O[Si](C)(C)C(C)(C)C)CO[C@@H]1Sc1ccccc1. The molecule has 2 rings (SSSR count). The van der Waals surface area contributed by atoms with Gasteiger partial charge in [-0.2, -0.15) is 0 Å². The maximum atomic E-state index is 11.6. The average molecular weight is 399 g/mol. The molecule has 4 atom stereocenters. The Morgan fingerprint density at radius 1 is 1.27 bits per heavy atom. The molecule has 0 amide bonds. The lowest BCUT2D eigenvalue weighted by Gasteiger charge is -2.45. The number of carbonyl (C=O) groups excluding carboxylic acids is 1. The molecular weight excluding hydrogens is 368 g/mol. The molecule has 7 heteroatoms. The van der Waals surface area contributed by atoms with E-state index in [0.29, 0.717) is 0 Å². The van der Waals surface area contributed by atoms with Crippen LogP contribution in [0.25, 0.3) is 0 Å². The van der Waals surface area contributed by atoms with Gasteiger partial charge < -0.3 is 19.0 Å². The van der Waals surface area contributed by atoms with Crippen molar-refractivity contribution in [1.29, 1.82) is 0 Å². The number of rotatable bonds is 5. The summed E-state index contributed by atoms with van der Waals surface area (Å²) in [5.74, 6) is -0.440. The van der Waals surface area contributed by atoms with Crippen LogP contribution in [0.4, 0.5) is 0 Å². The quantitative estimate of drug-likeness (QED) is 0.601. The molecule has 1 N–H and O–H groups in total. The summed E-state index contributed by atoms with van der Waals surface area (Å²) in [6, 6.07) is 9.73. The molecule has 146 valence electrons. The highest BCUT2D eigenvalue weighted by Crippen LogP contribution is 2.40. The summed E-state index contributed by atoms with van der Waals surface area (Å²) in [4.78, 5) is 12.6. The molecule has 0 aliphatic carbocycles. The largest absolute Gasteiger partial charge is 0.456 e. The van der Waals surface area contributed by atoms with E-state index in [1.54, 1.807) is 0 Å². The number of aliphatic hydroxyl groups is 1. The molecular formula is C19H30O5SSi. The number of hydrogen-bond acceptors (Lipinski definition) is 6. The van der Waals surface area contributed by atoms with Crippen LogP contribution in [0.15, 0.2) is 35.2 Å². The predicted molar refractivity (Wildman–Crippen MR) is 106 cm³/mol. The van der Waals surface area contributed by atoms with E-state index in [0.717, 1.165) is 4.90 Å². The monoisotopic (exact) mass is 398 g/mol. The first kappa shape index (κ1) is 21.4. The minimum Gasteiger partial charge on any atom is -0.456 e. The summed E-state index contributed by atoms with van der Waals surface area (Å²) < 4.78 is 17.7. The van der Waals surface area contributed by atoms with E-state index in [1.165, 1.54) is 18.7 Å². The Hall–Kier alpha value is -0.863. The van der Waals surface area contributed by atoms with Gasteiger partial charge >= 0.3 is 5.97 Å². The zero-order chi connectivity index (χ0) is 19.5. The van der Waals surface area contributed by atoms with Gasteiger partial charge in [0.05, 0.1) is 12.7 Å². The van der Waals surface area contributed by atoms with Crippen LogP contribution in [0.3, 0.4) is 0 Å². The fraction of sp³-hybridized carbons (Fsp3) is 0.632. The van der Waals surface area contributed by atoms with E-state index in [2.05, 4.69) is 33.9 Å². The van der Waals surface area contributed by atoms with Gasteiger partial charge in [-0.1, -0.05) is 50.7 Å². The van der Waals surface area contributed by atoms with Crippen molar-refractivity contribution < 1.29 is 23.8 Å². The van der Waals surface area contributed by atoms with E-state index >= 15 is 0 Å². The van der Waals surface area contributed by atoms with Crippen molar-refractivity contribution in [2.24, 2.45) is 0 Å². The van der Waals surface area contributed by atoms with Gasteiger partial charge in [-0.15, -0.1) is 0 Å². The van der Waals surface area contributed by atoms with Crippen LogP contribution < -0.4 is 0 Å². The number of esters is 1. The van der Waals surface area contributed by atoms with Gasteiger partial charge in [-0.25, -0.2) is 0 Å². The summed E-state index contributed by atoms with van der Waals surface area (Å²) in [5, 5.41) is 10.9. The smallest absolute Gasteiger partial charge is 0.303 e. The van der Waals surface area contributed by atoms with E-state index < -0.39 is 38.0 Å². The lowest BCUT2D eigenvalue weighted by molar-refractivity contribution is -0.187. The molecule has 1 fully saturated rings. The van der Waals surface area contributed by atoms with Crippen LogP contribution >= 0.6 is 11.8 Å². The van der Waals surface area contributed by atoms with Gasteiger partial charge in [-0.3, -0.25) is 4.79 Å². The third-order valence-electron chi connectivity index (χ3n) is 4.96. The maximum absolute atomic E-state index is 11.6. The Labute approximate surface area is 161 Å². The number of aliphatic hydroxyl groups excluding tert-OH is 1. The van der Waals surface area contributed by atoms with Crippen molar-refractivity contribution in [3.05, 3.63) is 30.3 Å². The number of hydrogen-bond donors (Lipinski definition) is 1. The van der Waals surface area contributed by atoms with E-state index in [1.807, 2.05) is 30.3 Å². The van der Waals surface area contributed by atoms with Gasteiger partial charge in [0.25, 0.3) is 0 Å². The van der Waals surface area contributed by atoms with Gasteiger partial charge in [0.15, 0.2) is 14.4 Å². The Balaban J connectivity index is 2.15. The molecule has 0 unspecified atom stereocenters. The van der Waals surface area contributed by atoms with E-state index in [9.17, 15) is 9.90 Å².